The minimum absolute atomic E-state index is 0.100. The van der Waals surface area contributed by atoms with Crippen molar-refractivity contribution in [1.29, 1.82) is 0 Å². The summed E-state index contributed by atoms with van der Waals surface area (Å²) in [5.41, 5.74) is 0.564. The molecule has 2 aliphatic rings. The van der Waals surface area contributed by atoms with E-state index in [1.54, 1.807) is 18.2 Å². The van der Waals surface area contributed by atoms with Crippen LogP contribution in [-0.2, 0) is 0 Å². The van der Waals surface area contributed by atoms with Crippen LogP contribution in [0.1, 0.15) is 6.42 Å². The van der Waals surface area contributed by atoms with Gasteiger partial charge in [-0.15, -0.1) is 0 Å². The van der Waals surface area contributed by atoms with Crippen molar-refractivity contribution in [3.8, 4) is 0 Å². The van der Waals surface area contributed by atoms with Crippen molar-refractivity contribution >= 4 is 34.9 Å². The zero-order valence-electron chi connectivity index (χ0n) is 11.3. The Morgan fingerprint density at radius 3 is 2.90 bits per heavy atom. The van der Waals surface area contributed by atoms with Gasteiger partial charge in [-0.1, -0.05) is 29.3 Å². The minimum Gasteiger partial charge on any atom is -0.323 e. The van der Waals surface area contributed by atoms with Gasteiger partial charge in [0.15, 0.2) is 0 Å². The molecule has 2 saturated heterocycles. The molecule has 0 spiro atoms. The van der Waals surface area contributed by atoms with Gasteiger partial charge in [0, 0.05) is 19.1 Å². The van der Waals surface area contributed by atoms with E-state index < -0.39 is 0 Å². The van der Waals surface area contributed by atoms with Crippen LogP contribution in [0.4, 0.5) is 10.5 Å². The summed E-state index contributed by atoms with van der Waals surface area (Å²) in [6, 6.07) is 5.63. The highest BCUT2D eigenvalue weighted by molar-refractivity contribution is 6.43. The van der Waals surface area contributed by atoms with Crippen LogP contribution >= 0.6 is 23.2 Å². The fraction of sp³-hybridized carbons (Fsp3) is 0.500. The lowest BCUT2D eigenvalue weighted by Gasteiger charge is -2.21. The van der Waals surface area contributed by atoms with Crippen LogP contribution in [0.5, 0.6) is 0 Å². The van der Waals surface area contributed by atoms with Gasteiger partial charge >= 0.3 is 6.03 Å². The van der Waals surface area contributed by atoms with E-state index in [0.717, 1.165) is 19.6 Å². The number of amides is 2. The molecule has 1 aromatic rings. The third kappa shape index (κ3) is 2.48. The number of likely N-dealkylation sites (N-methyl/N-ethyl adjacent to an activating group) is 1. The highest BCUT2D eigenvalue weighted by atomic mass is 35.5. The zero-order chi connectivity index (χ0) is 14.3. The lowest BCUT2D eigenvalue weighted by atomic mass is 10.1. The Bertz CT molecular complexity index is 537. The molecule has 6 heteroatoms. The molecule has 0 radical (unpaired) electrons. The topological polar surface area (TPSA) is 35.6 Å². The summed E-state index contributed by atoms with van der Waals surface area (Å²) in [4.78, 5) is 16.5. The highest BCUT2D eigenvalue weighted by Gasteiger charge is 2.41. The van der Waals surface area contributed by atoms with Crippen LogP contribution in [0, 0.1) is 5.92 Å². The van der Waals surface area contributed by atoms with Crippen LogP contribution in [-0.4, -0.2) is 48.6 Å². The molecule has 4 nitrogen and oxygen atoms in total. The molecule has 0 aromatic heterocycles. The lowest BCUT2D eigenvalue weighted by molar-refractivity contribution is 0.213. The lowest BCUT2D eigenvalue weighted by Crippen LogP contribution is -2.37. The number of halogens is 2. The average Bonchev–Trinajstić information content (AvgIpc) is 2.98. The summed E-state index contributed by atoms with van der Waals surface area (Å²) in [7, 11) is 2.12. The number of rotatable bonds is 1. The Kier molecular flexibility index (Phi) is 3.80. The minimum atomic E-state index is -0.100. The molecular formula is C14H17Cl2N3O. The number of nitrogens with zero attached hydrogens (tertiary/aromatic N) is 2. The van der Waals surface area contributed by atoms with Gasteiger partial charge in [-0.25, -0.2) is 4.79 Å². The summed E-state index contributed by atoms with van der Waals surface area (Å²) in [5.74, 6) is 0.598. The van der Waals surface area contributed by atoms with Crippen molar-refractivity contribution in [1.82, 2.24) is 9.80 Å². The number of urea groups is 1. The third-order valence-corrected chi connectivity index (χ3v) is 5.12. The van der Waals surface area contributed by atoms with Crippen LogP contribution in [0.25, 0.3) is 0 Å². The predicted octanol–water partition coefficient (Wildman–Crippen LogP) is 3.16. The van der Waals surface area contributed by atoms with E-state index in [2.05, 4.69) is 17.3 Å². The molecule has 2 heterocycles. The van der Waals surface area contributed by atoms with E-state index >= 15 is 0 Å². The van der Waals surface area contributed by atoms with Crippen molar-refractivity contribution in [2.45, 2.75) is 12.5 Å². The van der Waals surface area contributed by atoms with Crippen molar-refractivity contribution < 1.29 is 4.79 Å². The Hall–Kier alpha value is -0.970. The van der Waals surface area contributed by atoms with E-state index in [4.69, 9.17) is 23.2 Å². The molecule has 2 fully saturated rings. The molecule has 108 valence electrons. The number of likely N-dealkylation sites (tertiary alicyclic amines) is 2. The first-order valence-electron chi connectivity index (χ1n) is 6.76. The zero-order valence-corrected chi connectivity index (χ0v) is 12.8. The molecule has 3 rings (SSSR count). The number of anilines is 1. The smallest absolute Gasteiger partial charge is 0.321 e. The summed E-state index contributed by atoms with van der Waals surface area (Å²) in [6.45, 7) is 2.73. The van der Waals surface area contributed by atoms with Crippen molar-refractivity contribution in [2.75, 3.05) is 32.0 Å². The van der Waals surface area contributed by atoms with Crippen LogP contribution in [0.2, 0.25) is 10.0 Å². The standard InChI is InChI=1S/C14H17Cl2N3O/c1-18-6-5-9-7-19(8-12(9)18)14(20)17-11-4-2-3-10(15)13(11)16/h2-4,9,12H,5-8H2,1H3,(H,17,20). The van der Waals surface area contributed by atoms with Gasteiger partial charge in [-0.3, -0.25) is 0 Å². The van der Waals surface area contributed by atoms with Crippen molar-refractivity contribution in [2.24, 2.45) is 5.92 Å². The van der Waals surface area contributed by atoms with Gasteiger partial charge in [-0.05, 0) is 38.1 Å². The predicted molar refractivity (Wildman–Crippen MR) is 81.6 cm³/mol. The molecule has 2 atom stereocenters. The number of hydrogen-bond acceptors (Lipinski definition) is 2. The molecular weight excluding hydrogens is 297 g/mol. The quantitative estimate of drug-likeness (QED) is 0.864. The first kappa shape index (κ1) is 14.0. The molecule has 0 aliphatic carbocycles. The number of benzene rings is 1. The van der Waals surface area contributed by atoms with Gasteiger partial charge < -0.3 is 15.1 Å². The number of fused-ring (bicyclic) bond motifs is 1. The Morgan fingerprint density at radius 1 is 1.35 bits per heavy atom. The molecule has 0 saturated carbocycles. The monoisotopic (exact) mass is 313 g/mol. The number of carbonyl (C=O) groups is 1. The summed E-state index contributed by atoms with van der Waals surface area (Å²) >= 11 is 12.0. The SMILES string of the molecule is CN1CCC2CN(C(=O)Nc3cccc(Cl)c3Cl)CC21. The molecule has 2 amide bonds. The second-order valence-electron chi connectivity index (χ2n) is 5.53. The van der Waals surface area contributed by atoms with Crippen LogP contribution < -0.4 is 5.32 Å². The van der Waals surface area contributed by atoms with Gasteiger partial charge in [0.2, 0.25) is 0 Å². The summed E-state index contributed by atoms with van der Waals surface area (Å²) < 4.78 is 0. The van der Waals surface area contributed by atoms with E-state index in [1.807, 2.05) is 4.90 Å². The van der Waals surface area contributed by atoms with E-state index in [0.29, 0.717) is 27.7 Å². The van der Waals surface area contributed by atoms with E-state index in [9.17, 15) is 4.79 Å². The fourth-order valence-corrected chi connectivity index (χ4v) is 3.48. The van der Waals surface area contributed by atoms with Crippen LogP contribution in [0.3, 0.4) is 0 Å². The maximum Gasteiger partial charge on any atom is 0.321 e. The molecule has 20 heavy (non-hydrogen) atoms. The Labute approximate surface area is 128 Å². The molecule has 2 unspecified atom stereocenters. The summed E-state index contributed by atoms with van der Waals surface area (Å²) in [6.07, 6.45) is 1.17. The largest absolute Gasteiger partial charge is 0.323 e. The molecule has 0 bridgehead atoms. The van der Waals surface area contributed by atoms with Crippen molar-refractivity contribution in [3.63, 3.8) is 0 Å². The second kappa shape index (κ2) is 5.43. The van der Waals surface area contributed by atoms with E-state index in [-0.39, 0.29) is 6.03 Å². The normalized spacial score (nSPS) is 25.9. The van der Waals surface area contributed by atoms with Crippen molar-refractivity contribution in [3.05, 3.63) is 28.2 Å². The first-order valence-corrected chi connectivity index (χ1v) is 7.52. The second-order valence-corrected chi connectivity index (χ2v) is 6.32. The number of nitrogens with one attached hydrogen (secondary N) is 1. The van der Waals surface area contributed by atoms with E-state index in [1.165, 1.54) is 6.42 Å². The Balaban J connectivity index is 1.67. The maximum atomic E-state index is 12.3. The van der Waals surface area contributed by atoms with Crippen LogP contribution in [0.15, 0.2) is 18.2 Å². The maximum absolute atomic E-state index is 12.3. The van der Waals surface area contributed by atoms with Gasteiger partial charge in [0.1, 0.15) is 0 Å². The fourth-order valence-electron chi connectivity index (χ4n) is 3.13. The first-order chi connectivity index (χ1) is 9.56. The number of hydrogen-bond donors (Lipinski definition) is 1. The highest BCUT2D eigenvalue weighted by Crippen LogP contribution is 2.32. The summed E-state index contributed by atoms with van der Waals surface area (Å²) in [5, 5.41) is 3.68. The van der Waals surface area contributed by atoms with Gasteiger partial charge in [0.25, 0.3) is 0 Å². The third-order valence-electron chi connectivity index (χ3n) is 4.31. The average molecular weight is 314 g/mol. The van der Waals surface area contributed by atoms with Gasteiger partial charge in [-0.2, -0.15) is 0 Å². The Morgan fingerprint density at radius 2 is 2.15 bits per heavy atom. The molecule has 2 aliphatic heterocycles. The number of carbonyl (C=O) groups excluding carboxylic acids is 1. The van der Waals surface area contributed by atoms with Gasteiger partial charge in [0.05, 0.1) is 15.7 Å². The molecule has 1 aromatic carbocycles. The molecule has 1 N–H and O–H groups in total.